The molecule has 1 aromatic heterocycles. The minimum atomic E-state index is -0.678. The summed E-state index contributed by atoms with van der Waals surface area (Å²) < 4.78 is 26.2. The van der Waals surface area contributed by atoms with Crippen molar-refractivity contribution in [2.45, 2.75) is 26.4 Å². The van der Waals surface area contributed by atoms with Crippen LogP contribution in [0.4, 0.5) is 0 Å². The maximum atomic E-state index is 12.2. The summed E-state index contributed by atoms with van der Waals surface area (Å²) >= 11 is 0. The number of carbonyl (C=O) groups is 2. The predicted octanol–water partition coefficient (Wildman–Crippen LogP) is 3.19. The van der Waals surface area contributed by atoms with Gasteiger partial charge in [-0.3, -0.25) is 0 Å². The summed E-state index contributed by atoms with van der Waals surface area (Å²) in [5.74, 6) is -0.713. The van der Waals surface area contributed by atoms with Gasteiger partial charge in [-0.2, -0.15) is 0 Å². The van der Waals surface area contributed by atoms with Crippen LogP contribution in [-0.4, -0.2) is 38.9 Å². The van der Waals surface area contributed by atoms with Crippen LogP contribution in [0, 0.1) is 0 Å². The van der Waals surface area contributed by atoms with E-state index in [1.165, 1.54) is 33.5 Å². The Labute approximate surface area is 139 Å². The third-order valence-electron chi connectivity index (χ3n) is 3.16. The van der Waals surface area contributed by atoms with E-state index in [0.717, 1.165) is 0 Å². The van der Waals surface area contributed by atoms with Crippen LogP contribution in [-0.2, 0) is 9.47 Å². The Morgan fingerprint density at radius 1 is 1.00 bits per heavy atom. The Morgan fingerprint density at radius 3 is 2.17 bits per heavy atom. The average Bonchev–Trinajstić information content (AvgIpc) is 2.95. The number of esters is 2. The lowest BCUT2D eigenvalue weighted by Gasteiger charge is -2.18. The Bertz CT molecular complexity index is 780. The minimum Gasteiger partial charge on any atom is -0.493 e. The quantitative estimate of drug-likeness (QED) is 0.793. The SMILES string of the molecule is COC(=O)c1cc(OC)c(OC)c2oc(C(=O)OC(C)(C)C)cc12. The normalized spacial score (nSPS) is 11.2. The predicted molar refractivity (Wildman–Crippen MR) is 85.8 cm³/mol. The Morgan fingerprint density at radius 2 is 1.67 bits per heavy atom. The van der Waals surface area contributed by atoms with E-state index in [-0.39, 0.29) is 28.4 Å². The van der Waals surface area contributed by atoms with Gasteiger partial charge in [-0.15, -0.1) is 0 Å². The second kappa shape index (κ2) is 6.43. The molecule has 130 valence electrons. The fourth-order valence-corrected chi connectivity index (χ4v) is 2.20. The second-order valence-corrected chi connectivity index (χ2v) is 6.01. The van der Waals surface area contributed by atoms with Crippen molar-refractivity contribution in [1.82, 2.24) is 0 Å². The van der Waals surface area contributed by atoms with Gasteiger partial charge in [0.2, 0.25) is 11.5 Å². The monoisotopic (exact) mass is 336 g/mol. The first kappa shape index (κ1) is 17.7. The maximum absolute atomic E-state index is 12.2. The van der Waals surface area contributed by atoms with Crippen LogP contribution in [0.15, 0.2) is 16.5 Å². The molecule has 7 nitrogen and oxygen atoms in total. The fraction of sp³-hybridized carbons (Fsp3) is 0.412. The third kappa shape index (κ3) is 3.29. The van der Waals surface area contributed by atoms with Gasteiger partial charge in [0.1, 0.15) is 5.60 Å². The molecule has 0 spiro atoms. The van der Waals surface area contributed by atoms with E-state index in [1.54, 1.807) is 20.8 Å². The molecule has 0 aliphatic heterocycles. The van der Waals surface area contributed by atoms with E-state index in [1.807, 2.05) is 0 Å². The van der Waals surface area contributed by atoms with Crippen molar-refractivity contribution in [3.05, 3.63) is 23.5 Å². The van der Waals surface area contributed by atoms with Gasteiger partial charge in [-0.1, -0.05) is 0 Å². The number of carbonyl (C=O) groups excluding carboxylic acids is 2. The number of benzene rings is 1. The van der Waals surface area contributed by atoms with E-state index in [0.29, 0.717) is 5.39 Å². The van der Waals surface area contributed by atoms with E-state index < -0.39 is 17.5 Å². The van der Waals surface area contributed by atoms with Crippen LogP contribution in [0.25, 0.3) is 11.0 Å². The molecule has 2 aromatic rings. The largest absolute Gasteiger partial charge is 0.493 e. The van der Waals surface area contributed by atoms with Crippen LogP contribution in [0.3, 0.4) is 0 Å². The molecule has 0 radical (unpaired) electrons. The highest BCUT2D eigenvalue weighted by Crippen LogP contribution is 2.40. The summed E-state index contributed by atoms with van der Waals surface area (Å²) in [6.45, 7) is 5.24. The molecule has 7 heteroatoms. The van der Waals surface area contributed by atoms with E-state index in [2.05, 4.69) is 0 Å². The highest BCUT2D eigenvalue weighted by Gasteiger charge is 2.26. The molecular weight excluding hydrogens is 316 g/mol. The molecule has 0 aliphatic carbocycles. The summed E-state index contributed by atoms with van der Waals surface area (Å²) in [7, 11) is 4.13. The van der Waals surface area contributed by atoms with Crippen LogP contribution < -0.4 is 9.47 Å². The number of hydrogen-bond donors (Lipinski definition) is 0. The number of ether oxygens (including phenoxy) is 4. The molecule has 2 rings (SSSR count). The van der Waals surface area contributed by atoms with Crippen molar-refractivity contribution in [1.29, 1.82) is 0 Å². The Balaban J connectivity index is 2.68. The average molecular weight is 336 g/mol. The molecule has 0 aliphatic rings. The first-order valence-corrected chi connectivity index (χ1v) is 7.22. The zero-order chi connectivity index (χ0) is 18.1. The molecule has 1 heterocycles. The van der Waals surface area contributed by atoms with Crippen molar-refractivity contribution < 1.29 is 33.0 Å². The van der Waals surface area contributed by atoms with Gasteiger partial charge in [0.05, 0.1) is 26.9 Å². The molecule has 0 bridgehead atoms. The second-order valence-electron chi connectivity index (χ2n) is 6.01. The van der Waals surface area contributed by atoms with Crippen LogP contribution in [0.5, 0.6) is 11.5 Å². The summed E-state index contributed by atoms with van der Waals surface area (Å²) in [4.78, 5) is 24.3. The number of hydrogen-bond acceptors (Lipinski definition) is 7. The lowest BCUT2D eigenvalue weighted by molar-refractivity contribution is 0.00379. The smallest absolute Gasteiger partial charge is 0.374 e. The highest BCUT2D eigenvalue weighted by molar-refractivity contribution is 6.08. The van der Waals surface area contributed by atoms with Crippen LogP contribution in [0.1, 0.15) is 41.7 Å². The molecule has 0 fully saturated rings. The molecule has 1 aromatic carbocycles. The van der Waals surface area contributed by atoms with Crippen molar-refractivity contribution in [2.24, 2.45) is 0 Å². The van der Waals surface area contributed by atoms with Gasteiger partial charge < -0.3 is 23.4 Å². The molecule has 0 amide bonds. The summed E-state index contributed by atoms with van der Waals surface area (Å²) in [6, 6.07) is 2.90. The van der Waals surface area contributed by atoms with E-state index >= 15 is 0 Å². The highest BCUT2D eigenvalue weighted by atomic mass is 16.6. The Hall–Kier alpha value is -2.70. The first-order chi connectivity index (χ1) is 11.2. The van der Waals surface area contributed by atoms with Crippen molar-refractivity contribution in [3.8, 4) is 11.5 Å². The van der Waals surface area contributed by atoms with Gasteiger partial charge in [-0.25, -0.2) is 9.59 Å². The number of rotatable bonds is 4. The molecular formula is C17H20O7. The van der Waals surface area contributed by atoms with Crippen LogP contribution >= 0.6 is 0 Å². The third-order valence-corrected chi connectivity index (χ3v) is 3.16. The topological polar surface area (TPSA) is 84.2 Å². The van der Waals surface area contributed by atoms with Crippen molar-refractivity contribution in [3.63, 3.8) is 0 Å². The summed E-state index contributed by atoms with van der Waals surface area (Å²) in [5, 5.41) is 0.375. The summed E-state index contributed by atoms with van der Waals surface area (Å²) in [6.07, 6.45) is 0. The van der Waals surface area contributed by atoms with Gasteiger partial charge in [-0.05, 0) is 26.8 Å². The molecule has 24 heavy (non-hydrogen) atoms. The fourth-order valence-electron chi connectivity index (χ4n) is 2.20. The standard InChI is InChI=1S/C17H20O7/c1-17(2,3)24-16(19)12-7-9-10(15(18)22-6)8-11(20-4)14(21-5)13(9)23-12/h7-8H,1-6H3. The maximum Gasteiger partial charge on any atom is 0.374 e. The molecule has 0 saturated carbocycles. The van der Waals surface area contributed by atoms with Gasteiger partial charge >= 0.3 is 11.9 Å². The number of fused-ring (bicyclic) bond motifs is 1. The number of furan rings is 1. The van der Waals surface area contributed by atoms with Crippen LogP contribution in [0.2, 0.25) is 0 Å². The van der Waals surface area contributed by atoms with Crippen molar-refractivity contribution in [2.75, 3.05) is 21.3 Å². The number of methoxy groups -OCH3 is 3. The zero-order valence-corrected chi connectivity index (χ0v) is 14.5. The molecule has 0 atom stereocenters. The van der Waals surface area contributed by atoms with Gasteiger partial charge in [0.15, 0.2) is 11.3 Å². The van der Waals surface area contributed by atoms with Gasteiger partial charge in [0, 0.05) is 11.5 Å². The van der Waals surface area contributed by atoms with E-state index in [9.17, 15) is 9.59 Å². The molecule has 0 N–H and O–H groups in total. The Kier molecular flexibility index (Phi) is 4.73. The minimum absolute atomic E-state index is 0.0448. The first-order valence-electron chi connectivity index (χ1n) is 7.22. The van der Waals surface area contributed by atoms with Gasteiger partial charge in [0.25, 0.3) is 0 Å². The van der Waals surface area contributed by atoms with Crippen molar-refractivity contribution >= 4 is 22.9 Å². The molecule has 0 saturated heterocycles. The van der Waals surface area contributed by atoms with E-state index in [4.69, 9.17) is 23.4 Å². The lowest BCUT2D eigenvalue weighted by Crippen LogP contribution is -2.23. The summed E-state index contributed by atoms with van der Waals surface area (Å²) in [5.41, 5.74) is -0.273. The molecule has 0 unspecified atom stereocenters. The lowest BCUT2D eigenvalue weighted by atomic mass is 10.1. The zero-order valence-electron chi connectivity index (χ0n) is 14.5.